The van der Waals surface area contributed by atoms with Crippen LogP contribution in [-0.4, -0.2) is 6.18 Å². The van der Waals surface area contributed by atoms with Gasteiger partial charge >= 0.3 is 6.18 Å². The lowest BCUT2D eigenvalue weighted by atomic mass is 9.93. The molecule has 1 unspecified atom stereocenters. The van der Waals surface area contributed by atoms with E-state index >= 15 is 0 Å². The van der Waals surface area contributed by atoms with E-state index in [-0.39, 0.29) is 12.3 Å². The number of hydrogen-bond acceptors (Lipinski definition) is 0. The lowest BCUT2D eigenvalue weighted by Gasteiger charge is -2.21. The summed E-state index contributed by atoms with van der Waals surface area (Å²) in [5.74, 6) is -1.61. The summed E-state index contributed by atoms with van der Waals surface area (Å²) in [5.41, 5.74) is 0. The lowest BCUT2D eigenvalue weighted by Crippen LogP contribution is -2.26. The van der Waals surface area contributed by atoms with Crippen LogP contribution in [0, 0.1) is 18.8 Å². The highest BCUT2D eigenvalue weighted by Gasteiger charge is 2.39. The summed E-state index contributed by atoms with van der Waals surface area (Å²) in [5, 5.41) is 0. The van der Waals surface area contributed by atoms with Gasteiger partial charge in [0, 0.05) is 0 Å². The van der Waals surface area contributed by atoms with E-state index in [0.717, 1.165) is 0 Å². The van der Waals surface area contributed by atoms with E-state index in [1.54, 1.807) is 13.8 Å². The maximum absolute atomic E-state index is 11.9. The Morgan fingerprint density at radius 3 is 1.70 bits per heavy atom. The quantitative estimate of drug-likeness (QED) is 0.572. The first-order valence-electron chi connectivity index (χ1n) is 3.25. The summed E-state index contributed by atoms with van der Waals surface area (Å²) in [6.07, 6.45) is -4.14. The molecule has 0 aliphatic heterocycles. The van der Waals surface area contributed by atoms with Gasteiger partial charge in [-0.2, -0.15) is 13.2 Å². The summed E-state index contributed by atoms with van der Waals surface area (Å²) in [7, 11) is 0. The Balaban J connectivity index is 4.07. The molecule has 0 aliphatic carbocycles. The van der Waals surface area contributed by atoms with Crippen molar-refractivity contribution in [1.29, 1.82) is 0 Å². The fourth-order valence-electron chi connectivity index (χ4n) is 0.875. The number of halogens is 3. The predicted octanol–water partition coefficient (Wildman–Crippen LogP) is 3.05. The van der Waals surface area contributed by atoms with E-state index in [1.807, 2.05) is 0 Å². The van der Waals surface area contributed by atoms with Crippen molar-refractivity contribution in [2.75, 3.05) is 0 Å². The van der Waals surface area contributed by atoms with Crippen LogP contribution in [0.15, 0.2) is 0 Å². The van der Waals surface area contributed by atoms with Crippen LogP contribution in [-0.2, 0) is 0 Å². The minimum absolute atomic E-state index is 0.0683. The summed E-state index contributed by atoms with van der Waals surface area (Å²) < 4.78 is 35.8. The van der Waals surface area contributed by atoms with Crippen molar-refractivity contribution in [3.05, 3.63) is 6.92 Å². The number of hydrogen-bond donors (Lipinski definition) is 0. The van der Waals surface area contributed by atoms with Gasteiger partial charge < -0.3 is 0 Å². The van der Waals surface area contributed by atoms with Crippen LogP contribution in [0.5, 0.6) is 0 Å². The topological polar surface area (TPSA) is 0 Å². The summed E-state index contributed by atoms with van der Waals surface area (Å²) in [4.78, 5) is 0. The molecule has 0 N–H and O–H groups in total. The zero-order chi connectivity index (χ0) is 8.36. The van der Waals surface area contributed by atoms with Crippen LogP contribution in [0.1, 0.15) is 20.3 Å². The summed E-state index contributed by atoms with van der Waals surface area (Å²) in [6.45, 7) is 6.37. The molecule has 0 rings (SSSR count). The minimum Gasteiger partial charge on any atom is -0.171 e. The van der Waals surface area contributed by atoms with Gasteiger partial charge in [-0.1, -0.05) is 20.8 Å². The minimum atomic E-state index is -4.07. The van der Waals surface area contributed by atoms with Gasteiger partial charge in [-0.25, -0.2) is 0 Å². The molecule has 0 amide bonds. The fraction of sp³-hybridized carbons (Fsp3) is 0.857. The van der Waals surface area contributed by atoms with Crippen LogP contribution in [0.3, 0.4) is 0 Å². The van der Waals surface area contributed by atoms with Gasteiger partial charge in [0.15, 0.2) is 0 Å². The maximum Gasteiger partial charge on any atom is 0.392 e. The Morgan fingerprint density at radius 1 is 1.30 bits per heavy atom. The zero-order valence-corrected chi connectivity index (χ0v) is 6.20. The average molecular weight is 153 g/mol. The third-order valence-electron chi connectivity index (χ3n) is 1.54. The van der Waals surface area contributed by atoms with Crippen LogP contribution in [0.2, 0.25) is 0 Å². The zero-order valence-electron chi connectivity index (χ0n) is 6.20. The van der Waals surface area contributed by atoms with Gasteiger partial charge in [0.2, 0.25) is 0 Å². The molecule has 3 heteroatoms. The molecule has 10 heavy (non-hydrogen) atoms. The molecule has 0 nitrogen and oxygen atoms in total. The Bertz CT molecular complexity index is 93.5. The van der Waals surface area contributed by atoms with Gasteiger partial charge in [-0.05, 0) is 12.3 Å². The van der Waals surface area contributed by atoms with Crippen molar-refractivity contribution in [1.82, 2.24) is 0 Å². The smallest absolute Gasteiger partial charge is 0.171 e. The van der Waals surface area contributed by atoms with Crippen LogP contribution in [0.4, 0.5) is 13.2 Å². The van der Waals surface area contributed by atoms with Gasteiger partial charge in [0.25, 0.3) is 0 Å². The molecular formula is C7H12F3. The van der Waals surface area contributed by atoms with Crippen molar-refractivity contribution >= 4 is 0 Å². The lowest BCUT2D eigenvalue weighted by molar-refractivity contribution is -0.184. The van der Waals surface area contributed by atoms with E-state index in [1.165, 1.54) is 0 Å². The first kappa shape index (κ1) is 9.79. The number of rotatable bonds is 2. The molecule has 61 valence electrons. The van der Waals surface area contributed by atoms with Crippen LogP contribution in [0.25, 0.3) is 0 Å². The average Bonchev–Trinajstić information content (AvgIpc) is 1.60. The Labute approximate surface area is 59.4 Å². The Morgan fingerprint density at radius 2 is 1.70 bits per heavy atom. The van der Waals surface area contributed by atoms with Crippen molar-refractivity contribution in [3.63, 3.8) is 0 Å². The van der Waals surface area contributed by atoms with Crippen LogP contribution >= 0.6 is 0 Å². The normalized spacial score (nSPS) is 15.9. The highest BCUT2D eigenvalue weighted by molar-refractivity contribution is 4.71. The van der Waals surface area contributed by atoms with Gasteiger partial charge in [0.1, 0.15) is 0 Å². The third-order valence-corrected chi connectivity index (χ3v) is 1.54. The van der Waals surface area contributed by atoms with Crippen molar-refractivity contribution in [3.8, 4) is 0 Å². The second kappa shape index (κ2) is 3.26. The molecule has 1 atom stereocenters. The molecule has 0 spiro atoms. The molecule has 0 aromatic heterocycles. The van der Waals surface area contributed by atoms with Crippen molar-refractivity contribution in [2.45, 2.75) is 26.4 Å². The third kappa shape index (κ3) is 2.58. The molecule has 1 radical (unpaired) electrons. The predicted molar refractivity (Wildman–Crippen MR) is 34.4 cm³/mol. The van der Waals surface area contributed by atoms with E-state index in [2.05, 4.69) is 6.92 Å². The van der Waals surface area contributed by atoms with Crippen LogP contribution < -0.4 is 0 Å². The van der Waals surface area contributed by atoms with Gasteiger partial charge in [0.05, 0.1) is 5.92 Å². The largest absolute Gasteiger partial charge is 0.392 e. The van der Waals surface area contributed by atoms with Crippen molar-refractivity contribution < 1.29 is 13.2 Å². The highest BCUT2D eigenvalue weighted by Crippen LogP contribution is 2.33. The summed E-state index contributed by atoms with van der Waals surface area (Å²) in [6, 6.07) is 0. The summed E-state index contributed by atoms with van der Waals surface area (Å²) >= 11 is 0. The van der Waals surface area contributed by atoms with Crippen molar-refractivity contribution in [2.24, 2.45) is 11.8 Å². The second-order valence-corrected chi connectivity index (χ2v) is 2.68. The molecule has 0 saturated carbocycles. The molecular weight excluding hydrogens is 141 g/mol. The fourth-order valence-corrected chi connectivity index (χ4v) is 0.875. The second-order valence-electron chi connectivity index (χ2n) is 2.68. The van der Waals surface area contributed by atoms with E-state index in [9.17, 15) is 13.2 Å². The number of alkyl halides is 3. The van der Waals surface area contributed by atoms with E-state index < -0.39 is 12.1 Å². The first-order chi connectivity index (χ1) is 4.39. The maximum atomic E-state index is 11.9. The van der Waals surface area contributed by atoms with E-state index in [0.29, 0.717) is 0 Å². The molecule has 0 aromatic carbocycles. The van der Waals surface area contributed by atoms with Gasteiger partial charge in [-0.15, -0.1) is 0 Å². The standard InChI is InChI=1S/C7H12F3/c1-4-6(5(2)3)7(8,9)10/h5-6H,1,4H2,2-3H3. The molecule has 0 heterocycles. The van der Waals surface area contributed by atoms with Gasteiger partial charge in [-0.3, -0.25) is 0 Å². The SMILES string of the molecule is [CH2]CC(C(C)C)C(F)(F)F. The molecule has 0 saturated heterocycles. The highest BCUT2D eigenvalue weighted by atomic mass is 19.4. The molecule has 0 aromatic rings. The Kier molecular flexibility index (Phi) is 3.19. The monoisotopic (exact) mass is 153 g/mol. The molecule has 0 bridgehead atoms. The molecule has 0 aliphatic rings. The first-order valence-corrected chi connectivity index (χ1v) is 3.25. The Hall–Kier alpha value is -0.210. The molecule has 0 fully saturated rings. The van der Waals surface area contributed by atoms with E-state index in [4.69, 9.17) is 0 Å².